The number of carbonyl (C=O) groups is 1. The van der Waals surface area contributed by atoms with Crippen LogP contribution in [-0.2, 0) is 14.3 Å². The fourth-order valence-electron chi connectivity index (χ4n) is 2.31. The molecule has 102 valence electrons. The summed E-state index contributed by atoms with van der Waals surface area (Å²) in [6, 6.07) is 0. The Labute approximate surface area is 110 Å². The van der Waals surface area contributed by atoms with Gasteiger partial charge in [0, 0.05) is 0 Å². The van der Waals surface area contributed by atoms with Gasteiger partial charge < -0.3 is 9.47 Å². The minimum atomic E-state index is -0.265. The number of carbonyl (C=O) groups excluding carboxylic acids is 1. The third-order valence-corrected chi connectivity index (χ3v) is 3.02. The minimum absolute atomic E-state index is 0.0451. The van der Waals surface area contributed by atoms with Crippen molar-refractivity contribution in [3.05, 3.63) is 22.7 Å². The number of ether oxygens (including phenoxy) is 2. The van der Waals surface area contributed by atoms with E-state index in [1.807, 2.05) is 41.5 Å². The molecule has 0 saturated carbocycles. The Balaban J connectivity index is 3.51. The van der Waals surface area contributed by atoms with Gasteiger partial charge in [0.25, 0.3) is 0 Å². The summed E-state index contributed by atoms with van der Waals surface area (Å²) in [6.45, 7) is 12.1. The molecule has 0 heterocycles. The van der Waals surface area contributed by atoms with Crippen molar-refractivity contribution in [2.75, 3.05) is 14.2 Å². The van der Waals surface area contributed by atoms with E-state index >= 15 is 0 Å². The second kappa shape index (κ2) is 4.45. The van der Waals surface area contributed by atoms with E-state index in [0.29, 0.717) is 22.7 Å². The van der Waals surface area contributed by atoms with Crippen LogP contribution in [0.15, 0.2) is 22.7 Å². The summed E-state index contributed by atoms with van der Waals surface area (Å²) >= 11 is 0. The Morgan fingerprint density at radius 3 is 1.17 bits per heavy atom. The Kier molecular flexibility index (Phi) is 3.66. The molecule has 0 bridgehead atoms. The average Bonchev–Trinajstić information content (AvgIpc) is 2.48. The van der Waals surface area contributed by atoms with E-state index in [-0.39, 0.29) is 16.6 Å². The zero-order valence-electron chi connectivity index (χ0n) is 12.7. The average molecular weight is 252 g/mol. The smallest absolute Gasteiger partial charge is 0.193 e. The molecule has 0 saturated heterocycles. The molecule has 0 spiro atoms. The van der Waals surface area contributed by atoms with Crippen LogP contribution in [0.3, 0.4) is 0 Å². The van der Waals surface area contributed by atoms with Crippen LogP contribution < -0.4 is 0 Å². The zero-order valence-corrected chi connectivity index (χ0v) is 12.7. The largest absolute Gasteiger partial charge is 0.492 e. The lowest BCUT2D eigenvalue weighted by Gasteiger charge is -2.23. The van der Waals surface area contributed by atoms with Crippen LogP contribution in [-0.4, -0.2) is 20.0 Å². The summed E-state index contributed by atoms with van der Waals surface area (Å²) in [4.78, 5) is 12.7. The van der Waals surface area contributed by atoms with E-state index in [1.165, 1.54) is 0 Å². The fraction of sp³-hybridized carbons (Fsp3) is 0.667. The number of Topliss-reactive ketones (excluding diaryl/α,β-unsaturated/α-hetero) is 1. The molecule has 0 amide bonds. The molecular formula is C15H24O3. The third-order valence-electron chi connectivity index (χ3n) is 3.02. The normalized spacial score (nSPS) is 17.7. The maximum atomic E-state index is 12.7. The fourth-order valence-corrected chi connectivity index (χ4v) is 2.31. The molecule has 0 atom stereocenters. The molecule has 0 N–H and O–H groups in total. The SMILES string of the molecule is COC1=C(C(C)(C)C)C(=O)C(C(C)(C)C)=C1OC. The zero-order chi connectivity index (χ0) is 14.3. The highest BCUT2D eigenvalue weighted by Crippen LogP contribution is 2.45. The van der Waals surface area contributed by atoms with E-state index in [1.54, 1.807) is 14.2 Å². The van der Waals surface area contributed by atoms with Crippen LogP contribution in [0.25, 0.3) is 0 Å². The lowest BCUT2D eigenvalue weighted by Crippen LogP contribution is -2.23. The van der Waals surface area contributed by atoms with Crippen molar-refractivity contribution in [1.29, 1.82) is 0 Å². The van der Waals surface area contributed by atoms with Crippen LogP contribution in [0.4, 0.5) is 0 Å². The molecule has 1 rings (SSSR count). The first-order chi connectivity index (χ1) is 8.05. The van der Waals surface area contributed by atoms with Gasteiger partial charge in [-0.25, -0.2) is 0 Å². The Hall–Kier alpha value is -1.25. The number of hydrogen-bond acceptors (Lipinski definition) is 3. The molecule has 0 aromatic carbocycles. The van der Waals surface area contributed by atoms with Crippen molar-refractivity contribution in [3.63, 3.8) is 0 Å². The van der Waals surface area contributed by atoms with Gasteiger partial charge in [0.1, 0.15) is 0 Å². The van der Waals surface area contributed by atoms with Crippen LogP contribution in [0.5, 0.6) is 0 Å². The molecular weight excluding hydrogens is 228 g/mol. The monoisotopic (exact) mass is 252 g/mol. The first kappa shape index (κ1) is 14.8. The lowest BCUT2D eigenvalue weighted by atomic mass is 9.78. The number of allylic oxidation sites excluding steroid dienone is 2. The summed E-state index contributed by atoms with van der Waals surface area (Å²) in [5.74, 6) is 1.21. The highest BCUT2D eigenvalue weighted by Gasteiger charge is 2.44. The first-order valence-corrected chi connectivity index (χ1v) is 6.18. The molecule has 0 aromatic rings. The molecule has 18 heavy (non-hydrogen) atoms. The second-order valence-corrected chi connectivity index (χ2v) is 6.65. The van der Waals surface area contributed by atoms with Crippen LogP contribution in [0, 0.1) is 10.8 Å². The van der Waals surface area contributed by atoms with E-state index in [0.717, 1.165) is 0 Å². The van der Waals surface area contributed by atoms with Crippen molar-refractivity contribution in [2.24, 2.45) is 10.8 Å². The van der Waals surface area contributed by atoms with Gasteiger partial charge in [-0.15, -0.1) is 0 Å². The molecule has 0 radical (unpaired) electrons. The topological polar surface area (TPSA) is 35.5 Å². The summed E-state index contributed by atoms with van der Waals surface area (Å²) in [6.07, 6.45) is 0. The van der Waals surface area contributed by atoms with Crippen LogP contribution >= 0.6 is 0 Å². The minimum Gasteiger partial charge on any atom is -0.492 e. The van der Waals surface area contributed by atoms with Gasteiger partial charge in [0.15, 0.2) is 17.3 Å². The van der Waals surface area contributed by atoms with Gasteiger partial charge in [-0.2, -0.15) is 0 Å². The number of rotatable bonds is 2. The highest BCUT2D eigenvalue weighted by atomic mass is 16.5. The van der Waals surface area contributed by atoms with Gasteiger partial charge in [0.2, 0.25) is 0 Å². The van der Waals surface area contributed by atoms with Crippen molar-refractivity contribution in [3.8, 4) is 0 Å². The maximum Gasteiger partial charge on any atom is 0.193 e. The van der Waals surface area contributed by atoms with Gasteiger partial charge in [-0.3, -0.25) is 4.79 Å². The van der Waals surface area contributed by atoms with Crippen molar-refractivity contribution in [2.45, 2.75) is 41.5 Å². The molecule has 0 aliphatic heterocycles. The molecule has 0 fully saturated rings. The first-order valence-electron chi connectivity index (χ1n) is 6.18. The second-order valence-electron chi connectivity index (χ2n) is 6.65. The number of ketones is 1. The number of hydrogen-bond donors (Lipinski definition) is 0. The van der Waals surface area contributed by atoms with Gasteiger partial charge in [0.05, 0.1) is 25.4 Å². The van der Waals surface area contributed by atoms with Crippen molar-refractivity contribution < 1.29 is 14.3 Å². The third kappa shape index (κ3) is 2.31. The van der Waals surface area contributed by atoms with Gasteiger partial charge in [-0.05, 0) is 10.8 Å². The lowest BCUT2D eigenvalue weighted by molar-refractivity contribution is -0.113. The van der Waals surface area contributed by atoms with Crippen LogP contribution in [0.1, 0.15) is 41.5 Å². The summed E-state index contributed by atoms with van der Waals surface area (Å²) in [5.41, 5.74) is 0.872. The van der Waals surface area contributed by atoms with E-state index < -0.39 is 0 Å². The van der Waals surface area contributed by atoms with Gasteiger partial charge in [-0.1, -0.05) is 41.5 Å². The van der Waals surface area contributed by atoms with Crippen LogP contribution in [0.2, 0.25) is 0 Å². The van der Waals surface area contributed by atoms with E-state index in [2.05, 4.69) is 0 Å². The molecule has 1 aliphatic rings. The Morgan fingerprint density at radius 2 is 1.00 bits per heavy atom. The Bertz CT molecular complexity index is 386. The Morgan fingerprint density at radius 1 is 0.722 bits per heavy atom. The molecule has 1 aliphatic carbocycles. The van der Waals surface area contributed by atoms with E-state index in [9.17, 15) is 4.79 Å². The molecule has 0 aromatic heterocycles. The van der Waals surface area contributed by atoms with Crippen molar-refractivity contribution >= 4 is 5.78 Å². The number of methoxy groups -OCH3 is 2. The summed E-state index contributed by atoms with van der Waals surface area (Å²) < 4.78 is 10.9. The molecule has 0 unspecified atom stereocenters. The summed E-state index contributed by atoms with van der Waals surface area (Å²) in [5, 5.41) is 0. The molecule has 3 heteroatoms. The highest BCUT2D eigenvalue weighted by molar-refractivity contribution is 6.14. The molecule has 3 nitrogen and oxygen atoms in total. The van der Waals surface area contributed by atoms with Crippen molar-refractivity contribution in [1.82, 2.24) is 0 Å². The standard InChI is InChI=1S/C15H24O3/c1-14(2,3)9-11(16)10(15(4,5)6)13(18-8)12(9)17-7/h1-8H3. The predicted octanol–water partition coefficient (Wildman–Crippen LogP) is 3.46. The predicted molar refractivity (Wildman–Crippen MR) is 72.0 cm³/mol. The quantitative estimate of drug-likeness (QED) is 0.755. The van der Waals surface area contributed by atoms with E-state index in [4.69, 9.17) is 9.47 Å². The maximum absolute atomic E-state index is 12.7. The summed E-state index contributed by atoms with van der Waals surface area (Å²) in [7, 11) is 3.16. The van der Waals surface area contributed by atoms with Gasteiger partial charge >= 0.3 is 0 Å².